The van der Waals surface area contributed by atoms with Crippen LogP contribution >= 0.6 is 0 Å². The molecule has 1 aliphatic heterocycles. The zero-order chi connectivity index (χ0) is 13.6. The molecule has 0 atom stereocenters. The van der Waals surface area contributed by atoms with Gasteiger partial charge in [0.05, 0.1) is 26.4 Å². The maximum absolute atomic E-state index is 9.10. The molecule has 4 nitrogen and oxygen atoms in total. The molecule has 0 bridgehead atoms. The molecule has 1 N–H and O–H groups in total. The number of ether oxygens (including phenoxy) is 3. The van der Waals surface area contributed by atoms with Crippen molar-refractivity contribution in [2.75, 3.05) is 26.4 Å². The molecule has 0 saturated carbocycles. The summed E-state index contributed by atoms with van der Waals surface area (Å²) >= 11 is 0. The zero-order valence-electron chi connectivity index (χ0n) is 11.4. The number of benzene rings is 1. The van der Waals surface area contributed by atoms with Gasteiger partial charge in [0.25, 0.3) is 0 Å². The second-order valence-electron chi connectivity index (χ2n) is 5.11. The fourth-order valence-corrected chi connectivity index (χ4v) is 1.95. The predicted molar refractivity (Wildman–Crippen MR) is 71.6 cm³/mol. The van der Waals surface area contributed by atoms with Crippen molar-refractivity contribution in [3.8, 4) is 0 Å². The molecule has 1 fully saturated rings. The van der Waals surface area contributed by atoms with Gasteiger partial charge in [-0.1, -0.05) is 30.3 Å². The molecule has 0 spiro atoms. The van der Waals surface area contributed by atoms with Crippen molar-refractivity contribution in [1.82, 2.24) is 0 Å². The summed E-state index contributed by atoms with van der Waals surface area (Å²) in [7, 11) is 0. The maximum Gasteiger partial charge on any atom is 0.188 e. The molecular formula is C15H22O4. The SMILES string of the molecule is CC1(CO)OCC(CCOCc2ccccc2)CO1. The van der Waals surface area contributed by atoms with E-state index in [1.165, 1.54) is 5.56 Å². The summed E-state index contributed by atoms with van der Waals surface area (Å²) in [6.45, 7) is 4.22. The molecule has 0 unspecified atom stereocenters. The molecule has 106 valence electrons. The van der Waals surface area contributed by atoms with Crippen LogP contribution in [-0.2, 0) is 20.8 Å². The van der Waals surface area contributed by atoms with E-state index in [2.05, 4.69) is 12.1 Å². The monoisotopic (exact) mass is 266 g/mol. The van der Waals surface area contributed by atoms with E-state index in [0.717, 1.165) is 6.42 Å². The minimum absolute atomic E-state index is 0.107. The molecule has 1 aliphatic rings. The maximum atomic E-state index is 9.10. The lowest BCUT2D eigenvalue weighted by Crippen LogP contribution is -2.44. The minimum Gasteiger partial charge on any atom is -0.391 e. The van der Waals surface area contributed by atoms with E-state index in [9.17, 15) is 0 Å². The van der Waals surface area contributed by atoms with Gasteiger partial charge < -0.3 is 19.3 Å². The van der Waals surface area contributed by atoms with Crippen LogP contribution in [0, 0.1) is 5.92 Å². The normalized spacial score (nSPS) is 27.4. The van der Waals surface area contributed by atoms with Crippen molar-refractivity contribution < 1.29 is 19.3 Å². The van der Waals surface area contributed by atoms with Crippen molar-refractivity contribution in [2.24, 2.45) is 5.92 Å². The Morgan fingerprint density at radius 2 is 1.95 bits per heavy atom. The quantitative estimate of drug-likeness (QED) is 0.800. The van der Waals surface area contributed by atoms with Gasteiger partial charge in [-0.3, -0.25) is 0 Å². The Morgan fingerprint density at radius 1 is 1.26 bits per heavy atom. The first-order valence-corrected chi connectivity index (χ1v) is 6.72. The van der Waals surface area contributed by atoms with Gasteiger partial charge in [0.2, 0.25) is 0 Å². The molecule has 1 heterocycles. The van der Waals surface area contributed by atoms with Crippen LogP contribution in [-0.4, -0.2) is 37.3 Å². The fourth-order valence-electron chi connectivity index (χ4n) is 1.95. The molecular weight excluding hydrogens is 244 g/mol. The van der Waals surface area contributed by atoms with E-state index in [0.29, 0.717) is 32.3 Å². The van der Waals surface area contributed by atoms with Crippen molar-refractivity contribution in [2.45, 2.75) is 25.7 Å². The standard InChI is InChI=1S/C15H22O4/c1-15(12-16)18-10-14(11-19-15)7-8-17-9-13-5-3-2-4-6-13/h2-6,14,16H,7-12H2,1H3. The molecule has 0 aliphatic carbocycles. The van der Waals surface area contributed by atoms with Gasteiger partial charge in [-0.2, -0.15) is 0 Å². The highest BCUT2D eigenvalue weighted by Gasteiger charge is 2.32. The van der Waals surface area contributed by atoms with Crippen molar-refractivity contribution >= 4 is 0 Å². The Morgan fingerprint density at radius 3 is 2.58 bits per heavy atom. The molecule has 1 aromatic carbocycles. The van der Waals surface area contributed by atoms with Gasteiger partial charge in [-0.25, -0.2) is 0 Å². The smallest absolute Gasteiger partial charge is 0.188 e. The third-order valence-electron chi connectivity index (χ3n) is 3.32. The number of hydrogen-bond donors (Lipinski definition) is 1. The van der Waals surface area contributed by atoms with Crippen LogP contribution in [0.3, 0.4) is 0 Å². The first-order valence-electron chi connectivity index (χ1n) is 6.72. The Hall–Kier alpha value is -0.940. The van der Waals surface area contributed by atoms with Crippen LogP contribution in [0.5, 0.6) is 0 Å². The van der Waals surface area contributed by atoms with E-state index in [-0.39, 0.29) is 6.61 Å². The lowest BCUT2D eigenvalue weighted by molar-refractivity contribution is -0.287. The highest BCUT2D eigenvalue weighted by Crippen LogP contribution is 2.22. The van der Waals surface area contributed by atoms with Crippen molar-refractivity contribution in [3.05, 3.63) is 35.9 Å². The first kappa shape index (κ1) is 14.5. The molecule has 0 radical (unpaired) electrons. The van der Waals surface area contributed by atoms with E-state index in [4.69, 9.17) is 19.3 Å². The lowest BCUT2D eigenvalue weighted by atomic mass is 10.1. The second kappa shape index (κ2) is 7.01. The summed E-state index contributed by atoms with van der Waals surface area (Å²) in [5, 5.41) is 9.10. The largest absolute Gasteiger partial charge is 0.391 e. The zero-order valence-corrected chi connectivity index (χ0v) is 11.4. The average Bonchev–Trinajstić information content (AvgIpc) is 2.47. The molecule has 4 heteroatoms. The summed E-state index contributed by atoms with van der Waals surface area (Å²) in [5.74, 6) is -0.475. The Balaban J connectivity index is 1.60. The van der Waals surface area contributed by atoms with Crippen LogP contribution in [0.4, 0.5) is 0 Å². The molecule has 0 amide bonds. The second-order valence-corrected chi connectivity index (χ2v) is 5.11. The van der Waals surface area contributed by atoms with Gasteiger partial charge in [0.1, 0.15) is 0 Å². The van der Waals surface area contributed by atoms with Crippen LogP contribution in [0.1, 0.15) is 18.9 Å². The summed E-state index contributed by atoms with van der Waals surface area (Å²) in [4.78, 5) is 0. The Kier molecular flexibility index (Phi) is 5.34. The number of aliphatic hydroxyl groups is 1. The summed E-state index contributed by atoms with van der Waals surface area (Å²) in [5.41, 5.74) is 1.19. The van der Waals surface area contributed by atoms with E-state index < -0.39 is 5.79 Å². The van der Waals surface area contributed by atoms with Crippen molar-refractivity contribution in [1.29, 1.82) is 0 Å². The average molecular weight is 266 g/mol. The highest BCUT2D eigenvalue weighted by atomic mass is 16.7. The van der Waals surface area contributed by atoms with Crippen LogP contribution in [0.2, 0.25) is 0 Å². The molecule has 1 aromatic rings. The van der Waals surface area contributed by atoms with Crippen LogP contribution < -0.4 is 0 Å². The molecule has 2 rings (SSSR count). The Bertz CT molecular complexity index is 358. The molecule has 19 heavy (non-hydrogen) atoms. The summed E-state index contributed by atoms with van der Waals surface area (Å²) in [6.07, 6.45) is 0.911. The molecule has 0 aromatic heterocycles. The van der Waals surface area contributed by atoms with E-state index in [1.54, 1.807) is 6.92 Å². The van der Waals surface area contributed by atoms with Gasteiger partial charge in [0.15, 0.2) is 5.79 Å². The van der Waals surface area contributed by atoms with Gasteiger partial charge in [-0.05, 0) is 18.9 Å². The van der Waals surface area contributed by atoms with Gasteiger partial charge in [-0.15, -0.1) is 0 Å². The molecule has 1 saturated heterocycles. The predicted octanol–water partition coefficient (Wildman–Crippen LogP) is 1.96. The van der Waals surface area contributed by atoms with Crippen LogP contribution in [0.25, 0.3) is 0 Å². The topological polar surface area (TPSA) is 47.9 Å². The van der Waals surface area contributed by atoms with E-state index >= 15 is 0 Å². The highest BCUT2D eigenvalue weighted by molar-refractivity contribution is 5.13. The lowest BCUT2D eigenvalue weighted by Gasteiger charge is -2.36. The number of aliphatic hydroxyl groups excluding tert-OH is 1. The van der Waals surface area contributed by atoms with Gasteiger partial charge >= 0.3 is 0 Å². The third-order valence-corrected chi connectivity index (χ3v) is 3.32. The number of hydrogen-bond acceptors (Lipinski definition) is 4. The number of rotatable bonds is 6. The Labute approximate surface area is 114 Å². The van der Waals surface area contributed by atoms with E-state index in [1.807, 2.05) is 18.2 Å². The third kappa shape index (κ3) is 4.58. The van der Waals surface area contributed by atoms with Crippen molar-refractivity contribution in [3.63, 3.8) is 0 Å². The summed E-state index contributed by atoms with van der Waals surface area (Å²) < 4.78 is 16.7. The van der Waals surface area contributed by atoms with Crippen LogP contribution in [0.15, 0.2) is 30.3 Å². The first-order chi connectivity index (χ1) is 9.22. The van der Waals surface area contributed by atoms with Gasteiger partial charge in [0, 0.05) is 12.5 Å². The fraction of sp³-hybridized carbons (Fsp3) is 0.600. The summed E-state index contributed by atoms with van der Waals surface area (Å²) in [6, 6.07) is 10.1. The minimum atomic E-state index is -0.818.